The summed E-state index contributed by atoms with van der Waals surface area (Å²) in [6.07, 6.45) is 0. The van der Waals surface area contributed by atoms with Gasteiger partial charge in [-0.25, -0.2) is 0 Å². The predicted octanol–water partition coefficient (Wildman–Crippen LogP) is 6.13. The van der Waals surface area contributed by atoms with Gasteiger partial charge in [0.15, 0.2) is 6.61 Å². The van der Waals surface area contributed by atoms with E-state index in [0.717, 1.165) is 8.95 Å². The van der Waals surface area contributed by atoms with E-state index < -0.39 is 0 Å². The van der Waals surface area contributed by atoms with Crippen LogP contribution in [0, 0.1) is 0 Å². The van der Waals surface area contributed by atoms with Gasteiger partial charge in [-0.15, -0.1) is 0 Å². The first-order valence-electron chi connectivity index (χ1n) is 8.45. The average molecular weight is 539 g/mol. The van der Waals surface area contributed by atoms with Crippen molar-refractivity contribution < 1.29 is 14.3 Å². The van der Waals surface area contributed by atoms with Crippen molar-refractivity contribution in [3.05, 3.63) is 86.3 Å². The SMILES string of the molecule is O=C(COc1ccc(Br)cc1Br)Nc1cccc(C(=O)Nc2cccc(Cl)c2)c1. The Balaban J connectivity index is 1.60. The highest BCUT2D eigenvalue weighted by atomic mass is 79.9. The number of hydrogen-bond donors (Lipinski definition) is 2. The maximum Gasteiger partial charge on any atom is 0.262 e. The van der Waals surface area contributed by atoms with Crippen molar-refractivity contribution in [2.45, 2.75) is 0 Å². The molecular formula is C21H15Br2ClN2O3. The highest BCUT2D eigenvalue weighted by Crippen LogP contribution is 2.28. The number of carbonyl (C=O) groups excluding carboxylic acids is 2. The fourth-order valence-corrected chi connectivity index (χ4v) is 3.79. The van der Waals surface area contributed by atoms with Crippen LogP contribution in [0.3, 0.4) is 0 Å². The van der Waals surface area contributed by atoms with E-state index in [0.29, 0.717) is 27.7 Å². The van der Waals surface area contributed by atoms with Gasteiger partial charge in [-0.2, -0.15) is 0 Å². The highest BCUT2D eigenvalue weighted by Gasteiger charge is 2.10. The van der Waals surface area contributed by atoms with Crippen molar-refractivity contribution in [1.29, 1.82) is 0 Å². The van der Waals surface area contributed by atoms with Gasteiger partial charge in [0.2, 0.25) is 0 Å². The van der Waals surface area contributed by atoms with Crippen molar-refractivity contribution in [3.8, 4) is 5.75 Å². The molecule has 0 spiro atoms. The molecule has 0 unspecified atom stereocenters. The molecule has 0 aliphatic carbocycles. The molecule has 2 amide bonds. The molecule has 0 aromatic heterocycles. The molecule has 29 heavy (non-hydrogen) atoms. The van der Waals surface area contributed by atoms with E-state index in [1.54, 1.807) is 54.6 Å². The number of benzene rings is 3. The third-order valence-electron chi connectivity index (χ3n) is 3.74. The summed E-state index contributed by atoms with van der Waals surface area (Å²) in [6.45, 7) is -0.167. The van der Waals surface area contributed by atoms with Crippen LogP contribution in [-0.2, 0) is 4.79 Å². The molecule has 0 radical (unpaired) electrons. The molecule has 0 aliphatic rings. The molecule has 2 N–H and O–H groups in total. The maximum atomic E-state index is 12.4. The number of carbonyl (C=O) groups is 2. The Morgan fingerprint density at radius 3 is 2.34 bits per heavy atom. The van der Waals surface area contributed by atoms with E-state index in [4.69, 9.17) is 16.3 Å². The molecule has 3 aromatic rings. The number of ether oxygens (including phenoxy) is 1. The fraction of sp³-hybridized carbons (Fsp3) is 0.0476. The Kier molecular flexibility index (Phi) is 7.30. The average Bonchev–Trinajstić information content (AvgIpc) is 2.67. The van der Waals surface area contributed by atoms with E-state index in [-0.39, 0.29) is 18.4 Å². The quantitative estimate of drug-likeness (QED) is 0.397. The number of hydrogen-bond acceptors (Lipinski definition) is 3. The molecule has 5 nitrogen and oxygen atoms in total. The van der Waals surface area contributed by atoms with E-state index in [9.17, 15) is 9.59 Å². The summed E-state index contributed by atoms with van der Waals surface area (Å²) in [5.74, 6) is -0.0939. The van der Waals surface area contributed by atoms with Gasteiger partial charge in [0, 0.05) is 26.4 Å². The number of amides is 2. The number of halogens is 3. The van der Waals surface area contributed by atoms with Gasteiger partial charge in [-0.05, 0) is 70.5 Å². The van der Waals surface area contributed by atoms with Gasteiger partial charge in [0.1, 0.15) is 5.75 Å². The van der Waals surface area contributed by atoms with Crippen LogP contribution in [0.15, 0.2) is 75.7 Å². The number of anilines is 2. The first-order valence-corrected chi connectivity index (χ1v) is 10.4. The lowest BCUT2D eigenvalue weighted by atomic mass is 10.2. The largest absolute Gasteiger partial charge is 0.483 e. The highest BCUT2D eigenvalue weighted by molar-refractivity contribution is 9.11. The van der Waals surface area contributed by atoms with Crippen molar-refractivity contribution in [1.82, 2.24) is 0 Å². The van der Waals surface area contributed by atoms with Crippen LogP contribution in [-0.4, -0.2) is 18.4 Å². The Labute approximate surface area is 189 Å². The van der Waals surface area contributed by atoms with Gasteiger partial charge in [0.25, 0.3) is 11.8 Å². The molecule has 3 aromatic carbocycles. The van der Waals surface area contributed by atoms with Gasteiger partial charge in [-0.1, -0.05) is 39.7 Å². The molecule has 0 fully saturated rings. The van der Waals surface area contributed by atoms with Crippen LogP contribution in [0.25, 0.3) is 0 Å². The lowest BCUT2D eigenvalue weighted by Crippen LogP contribution is -2.20. The van der Waals surface area contributed by atoms with E-state index in [1.807, 2.05) is 12.1 Å². The second-order valence-corrected chi connectivity index (χ2v) is 8.16. The molecular weight excluding hydrogens is 524 g/mol. The zero-order valence-corrected chi connectivity index (χ0v) is 18.8. The summed E-state index contributed by atoms with van der Waals surface area (Å²) < 4.78 is 7.15. The lowest BCUT2D eigenvalue weighted by molar-refractivity contribution is -0.118. The molecule has 0 saturated carbocycles. The predicted molar refractivity (Wildman–Crippen MR) is 122 cm³/mol. The van der Waals surface area contributed by atoms with Gasteiger partial charge >= 0.3 is 0 Å². The Bertz CT molecular complexity index is 1060. The molecule has 0 atom stereocenters. The normalized spacial score (nSPS) is 10.3. The van der Waals surface area contributed by atoms with E-state index >= 15 is 0 Å². The lowest BCUT2D eigenvalue weighted by Gasteiger charge is -2.10. The smallest absolute Gasteiger partial charge is 0.262 e. The molecule has 148 valence electrons. The van der Waals surface area contributed by atoms with Crippen molar-refractivity contribution in [2.24, 2.45) is 0 Å². The van der Waals surface area contributed by atoms with Crippen LogP contribution in [0.2, 0.25) is 5.02 Å². The summed E-state index contributed by atoms with van der Waals surface area (Å²) in [4.78, 5) is 24.6. The Hall–Kier alpha value is -2.35. The Morgan fingerprint density at radius 1 is 0.897 bits per heavy atom. The molecule has 0 aliphatic heterocycles. The second kappa shape index (κ2) is 9.91. The Morgan fingerprint density at radius 2 is 1.62 bits per heavy atom. The zero-order chi connectivity index (χ0) is 20.8. The van der Waals surface area contributed by atoms with Gasteiger partial charge < -0.3 is 15.4 Å². The van der Waals surface area contributed by atoms with Crippen LogP contribution in [0.1, 0.15) is 10.4 Å². The molecule has 0 heterocycles. The molecule has 0 bridgehead atoms. The minimum atomic E-state index is -0.341. The number of nitrogens with one attached hydrogen (secondary N) is 2. The molecule has 8 heteroatoms. The van der Waals surface area contributed by atoms with Crippen LogP contribution in [0.5, 0.6) is 5.75 Å². The second-order valence-electron chi connectivity index (χ2n) is 5.96. The third-order valence-corrected chi connectivity index (χ3v) is 5.09. The third kappa shape index (κ3) is 6.32. The summed E-state index contributed by atoms with van der Waals surface area (Å²) in [5, 5.41) is 6.02. The zero-order valence-electron chi connectivity index (χ0n) is 14.9. The molecule has 3 rings (SSSR count). The number of rotatable bonds is 6. The summed E-state index contributed by atoms with van der Waals surface area (Å²) in [7, 11) is 0. The monoisotopic (exact) mass is 536 g/mol. The topological polar surface area (TPSA) is 67.4 Å². The summed E-state index contributed by atoms with van der Waals surface area (Å²) in [5.41, 5.74) is 1.48. The van der Waals surface area contributed by atoms with Crippen LogP contribution >= 0.6 is 43.5 Å². The first-order chi connectivity index (χ1) is 13.9. The van der Waals surface area contributed by atoms with Gasteiger partial charge in [0.05, 0.1) is 4.47 Å². The van der Waals surface area contributed by atoms with E-state index in [2.05, 4.69) is 42.5 Å². The fourth-order valence-electron chi connectivity index (χ4n) is 2.44. The summed E-state index contributed by atoms with van der Waals surface area (Å²) >= 11 is 12.7. The molecule has 0 saturated heterocycles. The van der Waals surface area contributed by atoms with Crippen LogP contribution in [0.4, 0.5) is 11.4 Å². The van der Waals surface area contributed by atoms with E-state index in [1.165, 1.54) is 0 Å². The van der Waals surface area contributed by atoms with Crippen molar-refractivity contribution >= 4 is 66.6 Å². The van der Waals surface area contributed by atoms with Crippen molar-refractivity contribution in [3.63, 3.8) is 0 Å². The van der Waals surface area contributed by atoms with Gasteiger partial charge in [-0.3, -0.25) is 9.59 Å². The summed E-state index contributed by atoms with van der Waals surface area (Å²) in [6, 6.07) is 18.9. The van der Waals surface area contributed by atoms with Crippen molar-refractivity contribution in [2.75, 3.05) is 17.2 Å². The van der Waals surface area contributed by atoms with Crippen LogP contribution < -0.4 is 15.4 Å². The first kappa shape index (κ1) is 21.4. The minimum Gasteiger partial charge on any atom is -0.483 e. The minimum absolute atomic E-state index is 0.167. The maximum absolute atomic E-state index is 12.4. The standard InChI is InChI=1S/C21H15Br2ClN2O3/c22-14-7-8-19(18(23)10-14)29-12-20(27)25-16-5-1-3-13(9-16)21(28)26-17-6-2-4-15(24)11-17/h1-11H,12H2,(H,25,27)(H,26,28).